The summed E-state index contributed by atoms with van der Waals surface area (Å²) in [5.41, 5.74) is 0. The van der Waals surface area contributed by atoms with Crippen LogP contribution in [0.25, 0.3) is 0 Å². The number of benzene rings is 1. The number of sulfone groups is 1. The van der Waals surface area contributed by atoms with E-state index in [2.05, 4.69) is 5.32 Å². The van der Waals surface area contributed by atoms with Gasteiger partial charge in [-0.3, -0.25) is 9.59 Å². The first-order valence-electron chi connectivity index (χ1n) is 9.63. The second-order valence-corrected chi connectivity index (χ2v) is 9.96. The van der Waals surface area contributed by atoms with E-state index in [0.717, 1.165) is 17.7 Å². The molecule has 2 atom stereocenters. The fourth-order valence-corrected chi connectivity index (χ4v) is 5.88. The van der Waals surface area contributed by atoms with Crippen LogP contribution in [0.15, 0.2) is 34.1 Å². The van der Waals surface area contributed by atoms with Crippen LogP contribution in [0.4, 0.5) is 0 Å². The monoisotopic (exact) mass is 438 g/mol. The Balaban J connectivity index is 2.02. The normalized spacial score (nSPS) is 19.2. The van der Waals surface area contributed by atoms with Crippen LogP contribution in [0.5, 0.6) is 0 Å². The van der Waals surface area contributed by atoms with Gasteiger partial charge in [0.05, 0.1) is 29.1 Å². The Kier molecular flexibility index (Phi) is 8.99. The molecule has 7 nitrogen and oxygen atoms in total. The zero-order valence-electron chi connectivity index (χ0n) is 16.4. The van der Waals surface area contributed by atoms with Gasteiger partial charge in [0.15, 0.2) is 9.84 Å². The van der Waals surface area contributed by atoms with Crippen LogP contribution in [0.2, 0.25) is 0 Å². The average Bonchev–Trinajstić information content (AvgIpc) is 2.71. The van der Waals surface area contributed by atoms with Gasteiger partial charge in [0.1, 0.15) is 6.54 Å². The Hall–Kier alpha value is -2.05. The quantitative estimate of drug-likeness (QED) is 0.358. The Bertz CT molecular complexity index is 847. The van der Waals surface area contributed by atoms with E-state index in [1.807, 2.05) is 6.07 Å². The fraction of sp³-hybridized carbons (Fsp3) is 0.550. The summed E-state index contributed by atoms with van der Waals surface area (Å²) in [6.45, 7) is 2.00. The summed E-state index contributed by atoms with van der Waals surface area (Å²) in [5, 5.41) is 11.2. The molecule has 0 aliphatic heterocycles. The molecule has 9 heteroatoms. The Labute approximate surface area is 176 Å². The van der Waals surface area contributed by atoms with Gasteiger partial charge in [-0.05, 0) is 49.9 Å². The minimum atomic E-state index is -3.55. The molecule has 1 fully saturated rings. The molecule has 0 heterocycles. The van der Waals surface area contributed by atoms with Crippen LogP contribution >= 0.6 is 11.8 Å². The van der Waals surface area contributed by atoms with Gasteiger partial charge in [0.25, 0.3) is 0 Å². The summed E-state index contributed by atoms with van der Waals surface area (Å²) in [6, 6.07) is 8.30. The van der Waals surface area contributed by atoms with Gasteiger partial charge >= 0.3 is 5.97 Å². The van der Waals surface area contributed by atoms with E-state index < -0.39 is 9.84 Å². The van der Waals surface area contributed by atoms with Crippen molar-refractivity contribution in [2.75, 3.05) is 24.7 Å². The van der Waals surface area contributed by atoms with Gasteiger partial charge < -0.3 is 10.1 Å². The number of carbonyl (C=O) groups is 2. The molecule has 0 aromatic heterocycles. The number of thioether (sulfide) groups is 1. The van der Waals surface area contributed by atoms with E-state index in [4.69, 9.17) is 10.00 Å². The molecule has 0 spiro atoms. The topological polar surface area (TPSA) is 113 Å². The van der Waals surface area contributed by atoms with E-state index in [1.54, 1.807) is 19.1 Å². The third kappa shape index (κ3) is 7.05. The van der Waals surface area contributed by atoms with E-state index in [-0.39, 0.29) is 46.7 Å². The number of rotatable bonds is 9. The number of nitrogens with one attached hydrogen (secondary N) is 1. The van der Waals surface area contributed by atoms with Crippen LogP contribution in [0.1, 0.15) is 32.6 Å². The molecule has 1 N–H and O–H groups in total. The summed E-state index contributed by atoms with van der Waals surface area (Å²) in [7, 11) is -3.55. The minimum absolute atomic E-state index is 0.0697. The largest absolute Gasteiger partial charge is 0.465 e. The first-order valence-corrected chi connectivity index (χ1v) is 12.3. The maximum atomic E-state index is 12.9. The van der Waals surface area contributed by atoms with Crippen molar-refractivity contribution < 1.29 is 22.7 Å². The smallest absolute Gasteiger partial charge is 0.316 e. The predicted molar refractivity (Wildman–Crippen MR) is 110 cm³/mol. The SMILES string of the molecule is CCOC(=O)CSc1ccc(S(=O)(=O)C[C@@H]2CCCC[C@H]2C(=O)NCC#N)cc1. The molecule has 1 saturated carbocycles. The number of hydrogen-bond acceptors (Lipinski definition) is 7. The van der Waals surface area contributed by atoms with Gasteiger partial charge in [-0.15, -0.1) is 11.8 Å². The third-order valence-electron chi connectivity index (χ3n) is 4.87. The first-order chi connectivity index (χ1) is 13.9. The maximum absolute atomic E-state index is 12.9. The molecule has 1 aromatic carbocycles. The maximum Gasteiger partial charge on any atom is 0.316 e. The van der Waals surface area contributed by atoms with Gasteiger partial charge in [-0.2, -0.15) is 5.26 Å². The molecule has 0 bridgehead atoms. The van der Waals surface area contributed by atoms with Gasteiger partial charge in [-0.1, -0.05) is 12.8 Å². The Morgan fingerprint density at radius 3 is 2.59 bits per heavy atom. The van der Waals surface area contributed by atoms with Crippen molar-refractivity contribution in [1.29, 1.82) is 5.26 Å². The lowest BCUT2D eigenvalue weighted by atomic mass is 9.80. The van der Waals surface area contributed by atoms with Crippen molar-refractivity contribution >= 4 is 33.5 Å². The number of ether oxygens (including phenoxy) is 1. The highest BCUT2D eigenvalue weighted by atomic mass is 32.2. The number of hydrogen-bond donors (Lipinski definition) is 1. The highest BCUT2D eigenvalue weighted by Gasteiger charge is 2.34. The highest BCUT2D eigenvalue weighted by Crippen LogP contribution is 2.33. The van der Waals surface area contributed by atoms with Gasteiger partial charge in [0.2, 0.25) is 5.91 Å². The van der Waals surface area contributed by atoms with Crippen molar-refractivity contribution in [3.63, 3.8) is 0 Å². The Morgan fingerprint density at radius 2 is 1.93 bits per heavy atom. The molecule has 0 saturated heterocycles. The molecule has 1 aliphatic carbocycles. The molecule has 0 radical (unpaired) electrons. The summed E-state index contributed by atoms with van der Waals surface area (Å²) >= 11 is 1.29. The van der Waals surface area contributed by atoms with Crippen LogP contribution in [-0.2, 0) is 24.2 Å². The molecule has 158 valence electrons. The van der Waals surface area contributed by atoms with Crippen LogP contribution < -0.4 is 5.32 Å². The third-order valence-corrected chi connectivity index (χ3v) is 7.71. The standard InChI is InChI=1S/C20H26N2O5S2/c1-2-27-19(23)13-28-16-7-9-17(10-8-16)29(25,26)14-15-5-3-4-6-18(15)20(24)22-12-11-21/h7-10,15,18H,2-6,12-14H2,1H3,(H,22,24)/t15-,18+/m0/s1. The molecule has 1 aromatic rings. The van der Waals surface area contributed by atoms with Crippen molar-refractivity contribution in [3.05, 3.63) is 24.3 Å². The first kappa shape index (κ1) is 23.2. The van der Waals surface area contributed by atoms with Crippen LogP contribution in [0.3, 0.4) is 0 Å². The fourth-order valence-electron chi connectivity index (χ4n) is 3.48. The molecule has 0 unspecified atom stereocenters. The summed E-state index contributed by atoms with van der Waals surface area (Å²) in [5.74, 6) is -1.12. The lowest BCUT2D eigenvalue weighted by molar-refractivity contribution is -0.139. The second-order valence-electron chi connectivity index (χ2n) is 6.87. The second kappa shape index (κ2) is 11.2. The van der Waals surface area contributed by atoms with Crippen LogP contribution in [0, 0.1) is 23.2 Å². The lowest BCUT2D eigenvalue weighted by Crippen LogP contribution is -2.39. The van der Waals surface area contributed by atoms with Gasteiger partial charge in [-0.25, -0.2) is 8.42 Å². The predicted octanol–water partition coefficient (Wildman–Crippen LogP) is 2.56. The average molecular weight is 439 g/mol. The van der Waals surface area contributed by atoms with Gasteiger partial charge in [0, 0.05) is 10.8 Å². The zero-order valence-corrected chi connectivity index (χ0v) is 18.1. The van der Waals surface area contributed by atoms with E-state index >= 15 is 0 Å². The number of carbonyl (C=O) groups excluding carboxylic acids is 2. The molecule has 2 rings (SSSR count). The number of nitrogens with zero attached hydrogens (tertiary/aromatic N) is 1. The number of amides is 1. The highest BCUT2D eigenvalue weighted by molar-refractivity contribution is 8.00. The van der Waals surface area contributed by atoms with Crippen molar-refractivity contribution in [2.45, 2.75) is 42.4 Å². The van der Waals surface area contributed by atoms with Crippen LogP contribution in [-0.4, -0.2) is 45.0 Å². The minimum Gasteiger partial charge on any atom is -0.465 e. The summed E-state index contributed by atoms with van der Waals surface area (Å²) in [6.07, 6.45) is 3.09. The zero-order chi connectivity index (χ0) is 21.3. The summed E-state index contributed by atoms with van der Waals surface area (Å²) < 4.78 is 30.6. The molecular formula is C20H26N2O5S2. The number of nitriles is 1. The Morgan fingerprint density at radius 1 is 1.24 bits per heavy atom. The summed E-state index contributed by atoms with van der Waals surface area (Å²) in [4.78, 5) is 24.7. The van der Waals surface area contributed by atoms with Crippen molar-refractivity contribution in [1.82, 2.24) is 5.32 Å². The molecule has 1 aliphatic rings. The molecule has 1 amide bonds. The molecular weight excluding hydrogens is 412 g/mol. The van der Waals surface area contributed by atoms with E-state index in [9.17, 15) is 18.0 Å². The number of esters is 1. The van der Waals surface area contributed by atoms with E-state index in [0.29, 0.717) is 19.4 Å². The van der Waals surface area contributed by atoms with Crippen molar-refractivity contribution in [2.24, 2.45) is 11.8 Å². The van der Waals surface area contributed by atoms with Crippen molar-refractivity contribution in [3.8, 4) is 6.07 Å². The molecule has 29 heavy (non-hydrogen) atoms. The lowest BCUT2D eigenvalue weighted by Gasteiger charge is -2.30. The van der Waals surface area contributed by atoms with E-state index in [1.165, 1.54) is 23.9 Å².